The smallest absolute Gasteiger partial charge is 0.338 e. The van der Waals surface area contributed by atoms with Crippen LogP contribution in [0.5, 0.6) is 0 Å². The summed E-state index contributed by atoms with van der Waals surface area (Å²) in [4.78, 5) is 36.0. The molecule has 0 fully saturated rings. The van der Waals surface area contributed by atoms with Crippen molar-refractivity contribution in [2.24, 2.45) is 11.5 Å². The predicted molar refractivity (Wildman–Crippen MR) is 48.2 cm³/mol. The lowest BCUT2D eigenvalue weighted by atomic mass is 10.1. The van der Waals surface area contributed by atoms with Crippen LogP contribution in [0.2, 0.25) is 0 Å². The number of primary amides is 2. The molecule has 0 aliphatic heterocycles. The minimum absolute atomic E-state index is 0.300. The van der Waals surface area contributed by atoms with Gasteiger partial charge in [-0.2, -0.15) is 0 Å². The second-order valence-electron chi connectivity index (χ2n) is 2.62. The molecule has 0 atom stereocenters. The highest BCUT2D eigenvalue weighted by Crippen LogP contribution is 2.11. The van der Waals surface area contributed by atoms with E-state index >= 15 is 0 Å². The number of rotatable bonds is 3. The molecule has 0 aliphatic carbocycles. The molecule has 1 aromatic rings. The fraction of sp³-hybridized carbons (Fsp3) is 0. The Kier molecular flexibility index (Phi) is 2.65. The van der Waals surface area contributed by atoms with Crippen molar-refractivity contribution in [3.05, 3.63) is 29.1 Å². The van der Waals surface area contributed by atoms with Crippen molar-refractivity contribution in [1.29, 1.82) is 0 Å². The molecule has 5 N–H and O–H groups in total. The Balaban J connectivity index is 3.56. The van der Waals surface area contributed by atoms with Crippen LogP contribution in [-0.4, -0.2) is 27.9 Å². The van der Waals surface area contributed by atoms with E-state index < -0.39 is 29.0 Å². The summed E-state index contributed by atoms with van der Waals surface area (Å²) in [7, 11) is 0. The Morgan fingerprint density at radius 3 is 2.20 bits per heavy atom. The first-order chi connectivity index (χ1) is 6.95. The highest BCUT2D eigenvalue weighted by atomic mass is 16.4. The molecule has 1 heterocycles. The fourth-order valence-electron chi connectivity index (χ4n) is 1.07. The van der Waals surface area contributed by atoms with Crippen molar-refractivity contribution in [3.63, 3.8) is 0 Å². The molecule has 7 heteroatoms. The molecular formula is C8H7N3O4. The Morgan fingerprint density at radius 1 is 1.20 bits per heavy atom. The van der Waals surface area contributed by atoms with Gasteiger partial charge in [-0.3, -0.25) is 14.6 Å². The van der Waals surface area contributed by atoms with Gasteiger partial charge in [0.1, 0.15) is 11.3 Å². The molecule has 1 rings (SSSR count). The van der Waals surface area contributed by atoms with Gasteiger partial charge in [-0.15, -0.1) is 0 Å². The van der Waals surface area contributed by atoms with Crippen molar-refractivity contribution in [2.75, 3.05) is 0 Å². The summed E-state index contributed by atoms with van der Waals surface area (Å²) in [5.41, 5.74) is 8.49. The third-order valence-corrected chi connectivity index (χ3v) is 1.66. The zero-order chi connectivity index (χ0) is 11.6. The van der Waals surface area contributed by atoms with Crippen molar-refractivity contribution in [1.82, 2.24) is 4.98 Å². The van der Waals surface area contributed by atoms with Crippen molar-refractivity contribution in [2.45, 2.75) is 0 Å². The Morgan fingerprint density at radius 2 is 1.80 bits per heavy atom. The van der Waals surface area contributed by atoms with Crippen LogP contribution in [0.1, 0.15) is 31.2 Å². The van der Waals surface area contributed by atoms with Gasteiger partial charge >= 0.3 is 5.97 Å². The number of carbonyl (C=O) groups is 3. The van der Waals surface area contributed by atoms with E-state index in [1.165, 1.54) is 0 Å². The van der Waals surface area contributed by atoms with E-state index in [0.29, 0.717) is 0 Å². The maximum Gasteiger partial charge on any atom is 0.338 e. The van der Waals surface area contributed by atoms with Crippen LogP contribution in [0.3, 0.4) is 0 Å². The number of carboxylic acids is 1. The molecule has 0 radical (unpaired) electrons. The summed E-state index contributed by atoms with van der Waals surface area (Å²) < 4.78 is 0. The summed E-state index contributed by atoms with van der Waals surface area (Å²) in [5, 5.41) is 8.79. The molecule has 0 saturated heterocycles. The minimum Gasteiger partial charge on any atom is -0.478 e. The quantitative estimate of drug-likeness (QED) is 0.585. The van der Waals surface area contributed by atoms with Crippen LogP contribution in [0.4, 0.5) is 0 Å². The van der Waals surface area contributed by atoms with Gasteiger partial charge in [-0.1, -0.05) is 0 Å². The number of nitrogens with two attached hydrogens (primary N) is 2. The van der Waals surface area contributed by atoms with Crippen LogP contribution >= 0.6 is 0 Å². The second-order valence-corrected chi connectivity index (χ2v) is 2.62. The molecule has 0 spiro atoms. The number of carboxylic acid groups (broad SMARTS) is 1. The molecule has 0 bridgehead atoms. The maximum atomic E-state index is 10.9. The van der Waals surface area contributed by atoms with E-state index in [1.54, 1.807) is 0 Å². The van der Waals surface area contributed by atoms with Crippen LogP contribution in [-0.2, 0) is 0 Å². The molecular weight excluding hydrogens is 202 g/mol. The van der Waals surface area contributed by atoms with Gasteiger partial charge in [0.15, 0.2) is 0 Å². The van der Waals surface area contributed by atoms with Gasteiger partial charge in [0.2, 0.25) is 5.91 Å². The lowest BCUT2D eigenvalue weighted by Gasteiger charge is -2.04. The van der Waals surface area contributed by atoms with Crippen molar-refractivity contribution in [3.8, 4) is 0 Å². The highest BCUT2D eigenvalue weighted by molar-refractivity contribution is 6.10. The fourth-order valence-corrected chi connectivity index (χ4v) is 1.07. The van der Waals surface area contributed by atoms with Gasteiger partial charge in [0.25, 0.3) is 5.91 Å². The molecule has 0 aliphatic rings. The first-order valence-electron chi connectivity index (χ1n) is 3.77. The zero-order valence-corrected chi connectivity index (χ0v) is 7.43. The maximum absolute atomic E-state index is 10.9. The molecule has 2 amide bonds. The summed E-state index contributed by atoms with van der Waals surface area (Å²) in [6.07, 6.45) is 1.09. The zero-order valence-electron chi connectivity index (χ0n) is 7.43. The second kappa shape index (κ2) is 3.74. The number of amides is 2. The molecule has 0 saturated carbocycles. The predicted octanol–water partition coefficient (Wildman–Crippen LogP) is -1.02. The molecule has 0 unspecified atom stereocenters. The Labute approximate surface area is 83.7 Å². The normalized spacial score (nSPS) is 9.60. The largest absolute Gasteiger partial charge is 0.478 e. The van der Waals surface area contributed by atoms with Crippen LogP contribution in [0, 0.1) is 0 Å². The first kappa shape index (κ1) is 10.6. The van der Waals surface area contributed by atoms with E-state index in [4.69, 9.17) is 16.6 Å². The van der Waals surface area contributed by atoms with Crippen LogP contribution in [0.15, 0.2) is 12.3 Å². The van der Waals surface area contributed by atoms with E-state index in [1.807, 2.05) is 0 Å². The van der Waals surface area contributed by atoms with Gasteiger partial charge in [0.05, 0.1) is 5.56 Å². The third-order valence-electron chi connectivity index (χ3n) is 1.66. The molecule has 7 nitrogen and oxygen atoms in total. The van der Waals surface area contributed by atoms with Crippen LogP contribution < -0.4 is 11.5 Å². The lowest BCUT2D eigenvalue weighted by molar-refractivity contribution is 0.0686. The van der Waals surface area contributed by atoms with Gasteiger partial charge in [0, 0.05) is 6.20 Å². The number of aromatic nitrogens is 1. The number of hydrogen-bond acceptors (Lipinski definition) is 4. The Bertz CT molecular complexity index is 423. The Hall–Kier alpha value is -2.44. The number of hydrogen-bond donors (Lipinski definition) is 3. The number of pyridine rings is 1. The standard InChI is InChI=1S/C8H7N3O4/c9-6(12)3-1-2-11-5(7(10)13)4(3)8(14)15/h1-2H,(H2,9,12)(H2,10,13)(H,14,15). The highest BCUT2D eigenvalue weighted by Gasteiger charge is 2.22. The van der Waals surface area contributed by atoms with E-state index in [9.17, 15) is 14.4 Å². The van der Waals surface area contributed by atoms with Gasteiger partial charge in [-0.05, 0) is 6.07 Å². The molecule has 0 aromatic carbocycles. The van der Waals surface area contributed by atoms with E-state index in [0.717, 1.165) is 12.3 Å². The minimum atomic E-state index is -1.48. The summed E-state index contributed by atoms with van der Waals surface area (Å²) in [6, 6.07) is 1.11. The summed E-state index contributed by atoms with van der Waals surface area (Å²) in [6.45, 7) is 0. The SMILES string of the molecule is NC(=O)c1ccnc(C(N)=O)c1C(=O)O. The number of carbonyl (C=O) groups excluding carboxylic acids is 2. The first-order valence-corrected chi connectivity index (χ1v) is 3.77. The third kappa shape index (κ3) is 1.90. The van der Waals surface area contributed by atoms with E-state index in [-0.39, 0.29) is 5.56 Å². The summed E-state index contributed by atoms with van der Waals surface area (Å²) >= 11 is 0. The summed E-state index contributed by atoms with van der Waals surface area (Å²) in [5.74, 6) is -3.47. The molecule has 1 aromatic heterocycles. The number of aromatic carboxylic acids is 1. The molecule has 15 heavy (non-hydrogen) atoms. The number of nitrogens with zero attached hydrogens (tertiary/aromatic N) is 1. The topological polar surface area (TPSA) is 136 Å². The van der Waals surface area contributed by atoms with Gasteiger partial charge < -0.3 is 16.6 Å². The van der Waals surface area contributed by atoms with Crippen LogP contribution in [0.25, 0.3) is 0 Å². The monoisotopic (exact) mass is 209 g/mol. The lowest BCUT2D eigenvalue weighted by Crippen LogP contribution is -2.23. The average Bonchev–Trinajstić information content (AvgIpc) is 2.16. The van der Waals surface area contributed by atoms with Gasteiger partial charge in [-0.25, -0.2) is 4.79 Å². The molecule has 78 valence electrons. The van der Waals surface area contributed by atoms with Crippen molar-refractivity contribution < 1.29 is 19.5 Å². The van der Waals surface area contributed by atoms with E-state index in [2.05, 4.69) is 4.98 Å². The van der Waals surface area contributed by atoms with Crippen molar-refractivity contribution >= 4 is 17.8 Å². The average molecular weight is 209 g/mol.